The number of aryl methyl sites for hydroxylation is 1. The van der Waals surface area contributed by atoms with Crippen molar-refractivity contribution in [2.24, 2.45) is 0 Å². The van der Waals surface area contributed by atoms with Crippen LogP contribution in [0.5, 0.6) is 5.88 Å². The highest BCUT2D eigenvalue weighted by Crippen LogP contribution is 2.20. The lowest BCUT2D eigenvalue weighted by Crippen LogP contribution is -2.25. The van der Waals surface area contributed by atoms with Crippen LogP contribution in [-0.4, -0.2) is 34.1 Å². The van der Waals surface area contributed by atoms with E-state index in [2.05, 4.69) is 15.3 Å². The van der Waals surface area contributed by atoms with Crippen molar-refractivity contribution in [3.8, 4) is 5.88 Å². The van der Waals surface area contributed by atoms with Crippen molar-refractivity contribution in [3.63, 3.8) is 0 Å². The Labute approximate surface area is 159 Å². The first-order chi connectivity index (χ1) is 12.7. The number of aromatic nitrogens is 2. The molecule has 2 N–H and O–H groups in total. The van der Waals surface area contributed by atoms with Gasteiger partial charge in [0, 0.05) is 24.0 Å². The van der Waals surface area contributed by atoms with Gasteiger partial charge in [-0.2, -0.15) is 0 Å². The molecule has 0 atom stereocenters. The molecule has 2 rings (SSSR count). The Morgan fingerprint density at radius 3 is 2.52 bits per heavy atom. The zero-order valence-electron chi connectivity index (χ0n) is 16.7. The number of hydrogen-bond acceptors (Lipinski definition) is 5. The number of H-pyrrole nitrogens is 1. The third-order valence-corrected chi connectivity index (χ3v) is 3.85. The number of amides is 1. The van der Waals surface area contributed by atoms with Gasteiger partial charge in [0.25, 0.3) is 5.91 Å². The number of esters is 1. The Morgan fingerprint density at radius 2 is 1.89 bits per heavy atom. The fourth-order valence-electron chi connectivity index (χ4n) is 2.71. The van der Waals surface area contributed by atoms with Crippen LogP contribution in [0.3, 0.4) is 0 Å². The van der Waals surface area contributed by atoms with Crippen LogP contribution in [0.4, 0.5) is 0 Å². The lowest BCUT2D eigenvalue weighted by Gasteiger charge is -2.13. The van der Waals surface area contributed by atoms with Crippen LogP contribution >= 0.6 is 0 Å². The van der Waals surface area contributed by atoms with Gasteiger partial charge in [0.2, 0.25) is 5.88 Å². The van der Waals surface area contributed by atoms with Gasteiger partial charge in [-0.3, -0.25) is 4.79 Å². The standard InChI is InChI=1S/C20H27N3O4/c1-11(2)26-19-15(8-7-9-21-19)10-22-18(24)17-13(5)16(14(6)23-17)20(25)27-12(3)4/h7-9,11-12,23H,10H2,1-6H3,(H,22,24). The van der Waals surface area contributed by atoms with Crippen LogP contribution in [-0.2, 0) is 11.3 Å². The molecule has 0 aliphatic rings. The van der Waals surface area contributed by atoms with E-state index in [9.17, 15) is 9.59 Å². The second kappa shape index (κ2) is 8.70. The summed E-state index contributed by atoms with van der Waals surface area (Å²) in [4.78, 5) is 32.1. The summed E-state index contributed by atoms with van der Waals surface area (Å²) in [5.41, 5.74) is 2.70. The molecule has 27 heavy (non-hydrogen) atoms. The van der Waals surface area contributed by atoms with Crippen molar-refractivity contribution < 1.29 is 19.1 Å². The summed E-state index contributed by atoms with van der Waals surface area (Å²) in [6.45, 7) is 11.1. The molecule has 146 valence electrons. The molecule has 0 aliphatic carbocycles. The number of nitrogens with zero attached hydrogens (tertiary/aromatic N) is 1. The highest BCUT2D eigenvalue weighted by Gasteiger charge is 2.23. The minimum Gasteiger partial charge on any atom is -0.475 e. The zero-order chi connectivity index (χ0) is 20.1. The Kier molecular flexibility index (Phi) is 6.60. The lowest BCUT2D eigenvalue weighted by atomic mass is 10.1. The molecule has 0 fully saturated rings. The summed E-state index contributed by atoms with van der Waals surface area (Å²) >= 11 is 0. The van der Waals surface area contributed by atoms with Gasteiger partial charge < -0.3 is 19.8 Å². The van der Waals surface area contributed by atoms with Crippen LogP contribution in [0.1, 0.15) is 65.4 Å². The summed E-state index contributed by atoms with van der Waals surface area (Å²) < 4.78 is 10.9. The molecular weight excluding hydrogens is 346 g/mol. The van der Waals surface area contributed by atoms with Gasteiger partial charge >= 0.3 is 5.97 Å². The Balaban J connectivity index is 2.15. The van der Waals surface area contributed by atoms with E-state index in [1.165, 1.54) is 0 Å². The predicted octanol–water partition coefficient (Wildman–Crippen LogP) is 3.31. The molecule has 7 heteroatoms. The number of nitrogens with one attached hydrogen (secondary N) is 2. The molecule has 0 aliphatic heterocycles. The van der Waals surface area contributed by atoms with Crippen LogP contribution in [0.2, 0.25) is 0 Å². The summed E-state index contributed by atoms with van der Waals surface area (Å²) in [6.07, 6.45) is 1.40. The van der Waals surface area contributed by atoms with Gasteiger partial charge in [0.15, 0.2) is 0 Å². The average Bonchev–Trinajstić information content (AvgIpc) is 2.87. The van der Waals surface area contributed by atoms with E-state index in [1.807, 2.05) is 19.9 Å². The van der Waals surface area contributed by atoms with Gasteiger partial charge in [-0.1, -0.05) is 6.07 Å². The summed E-state index contributed by atoms with van der Waals surface area (Å²) in [7, 11) is 0. The number of rotatable bonds is 7. The van der Waals surface area contributed by atoms with Gasteiger partial charge in [-0.05, 0) is 53.2 Å². The first-order valence-corrected chi connectivity index (χ1v) is 8.99. The number of carbonyl (C=O) groups is 2. The molecule has 2 heterocycles. The van der Waals surface area contributed by atoms with Crippen LogP contribution in [0.25, 0.3) is 0 Å². The van der Waals surface area contributed by atoms with Crippen molar-refractivity contribution in [2.45, 2.75) is 60.3 Å². The maximum atomic E-state index is 12.6. The predicted molar refractivity (Wildman–Crippen MR) is 102 cm³/mol. The molecule has 0 aromatic carbocycles. The van der Waals surface area contributed by atoms with E-state index in [0.717, 1.165) is 5.56 Å². The van der Waals surface area contributed by atoms with E-state index < -0.39 is 5.97 Å². The Hall–Kier alpha value is -2.83. The number of ether oxygens (including phenoxy) is 2. The van der Waals surface area contributed by atoms with Gasteiger partial charge in [-0.15, -0.1) is 0 Å². The average molecular weight is 373 g/mol. The fraction of sp³-hybridized carbons (Fsp3) is 0.450. The lowest BCUT2D eigenvalue weighted by molar-refractivity contribution is 0.0376. The maximum Gasteiger partial charge on any atom is 0.340 e. The summed E-state index contributed by atoms with van der Waals surface area (Å²) in [6, 6.07) is 3.64. The van der Waals surface area contributed by atoms with Crippen LogP contribution in [0.15, 0.2) is 18.3 Å². The molecular formula is C20H27N3O4. The maximum absolute atomic E-state index is 12.6. The molecule has 0 radical (unpaired) electrons. The van der Waals surface area contributed by atoms with Crippen LogP contribution < -0.4 is 10.1 Å². The normalized spacial score (nSPS) is 11.0. The molecule has 0 saturated carbocycles. The molecule has 2 aromatic heterocycles. The first-order valence-electron chi connectivity index (χ1n) is 8.99. The Bertz CT molecular complexity index is 825. The quantitative estimate of drug-likeness (QED) is 0.726. The molecule has 2 aromatic rings. The molecule has 0 spiro atoms. The van der Waals surface area contributed by atoms with Crippen molar-refractivity contribution in [1.82, 2.24) is 15.3 Å². The molecule has 1 amide bonds. The third kappa shape index (κ3) is 5.09. The molecule has 0 bridgehead atoms. The van der Waals surface area contributed by atoms with Gasteiger partial charge in [-0.25, -0.2) is 9.78 Å². The third-order valence-electron chi connectivity index (χ3n) is 3.85. The van der Waals surface area contributed by atoms with Crippen molar-refractivity contribution in [3.05, 3.63) is 46.4 Å². The first kappa shape index (κ1) is 20.5. The largest absolute Gasteiger partial charge is 0.475 e. The number of pyridine rings is 1. The van der Waals surface area contributed by atoms with E-state index >= 15 is 0 Å². The molecule has 0 saturated heterocycles. The van der Waals surface area contributed by atoms with Gasteiger partial charge in [0.05, 0.1) is 17.8 Å². The number of carbonyl (C=O) groups excluding carboxylic acids is 2. The van der Waals surface area contributed by atoms with Crippen molar-refractivity contribution in [1.29, 1.82) is 0 Å². The summed E-state index contributed by atoms with van der Waals surface area (Å²) in [5.74, 6) is -0.248. The zero-order valence-corrected chi connectivity index (χ0v) is 16.7. The minimum atomic E-state index is -0.435. The Morgan fingerprint density at radius 1 is 1.19 bits per heavy atom. The van der Waals surface area contributed by atoms with Crippen molar-refractivity contribution in [2.75, 3.05) is 0 Å². The highest BCUT2D eigenvalue weighted by atomic mass is 16.5. The second-order valence-corrected chi connectivity index (χ2v) is 6.90. The monoisotopic (exact) mass is 373 g/mol. The van der Waals surface area contributed by atoms with E-state index in [4.69, 9.17) is 9.47 Å². The van der Waals surface area contributed by atoms with Gasteiger partial charge in [0.1, 0.15) is 5.69 Å². The SMILES string of the molecule is Cc1[nH]c(C(=O)NCc2cccnc2OC(C)C)c(C)c1C(=O)OC(C)C. The smallest absolute Gasteiger partial charge is 0.340 e. The summed E-state index contributed by atoms with van der Waals surface area (Å²) in [5, 5.41) is 2.85. The highest BCUT2D eigenvalue weighted by molar-refractivity contribution is 6.00. The van der Waals surface area contributed by atoms with E-state index in [-0.39, 0.29) is 24.7 Å². The van der Waals surface area contributed by atoms with Crippen LogP contribution in [0, 0.1) is 13.8 Å². The fourth-order valence-corrected chi connectivity index (χ4v) is 2.71. The number of aromatic amines is 1. The molecule has 7 nitrogen and oxygen atoms in total. The van der Waals surface area contributed by atoms with Crippen molar-refractivity contribution >= 4 is 11.9 Å². The molecule has 0 unspecified atom stereocenters. The second-order valence-electron chi connectivity index (χ2n) is 6.90. The number of hydrogen-bond donors (Lipinski definition) is 2. The van der Waals surface area contributed by atoms with E-state index in [0.29, 0.717) is 28.4 Å². The minimum absolute atomic E-state index is 0.0165. The van der Waals surface area contributed by atoms with E-state index in [1.54, 1.807) is 40.0 Å². The topological polar surface area (TPSA) is 93.3 Å².